The van der Waals surface area contributed by atoms with Crippen LogP contribution >= 0.6 is 0 Å². The van der Waals surface area contributed by atoms with E-state index in [2.05, 4.69) is 10.1 Å². The summed E-state index contributed by atoms with van der Waals surface area (Å²) in [6.45, 7) is 4.13. The molecule has 178 valence electrons. The molecule has 2 heterocycles. The normalized spacial score (nSPS) is 12.9. The first kappa shape index (κ1) is 23.6. The van der Waals surface area contributed by atoms with E-state index in [9.17, 15) is 23.1 Å². The number of alkyl halides is 3. The van der Waals surface area contributed by atoms with Crippen molar-refractivity contribution in [1.29, 1.82) is 0 Å². The number of rotatable bonds is 5. The van der Waals surface area contributed by atoms with Crippen LogP contribution in [0, 0.1) is 12.7 Å². The van der Waals surface area contributed by atoms with Gasteiger partial charge < -0.3 is 5.11 Å². The van der Waals surface area contributed by atoms with Crippen LogP contribution in [0.5, 0.6) is 0 Å². The first-order valence-corrected chi connectivity index (χ1v) is 10.6. The molecule has 0 radical (unpaired) electrons. The van der Waals surface area contributed by atoms with Crippen molar-refractivity contribution in [2.45, 2.75) is 46.0 Å². The minimum Gasteiger partial charge on any atom is -0.388 e. The Morgan fingerprint density at radius 2 is 1.85 bits per heavy atom. The molecule has 0 aliphatic heterocycles. The average molecular weight is 474 g/mol. The van der Waals surface area contributed by atoms with Crippen LogP contribution in [-0.2, 0) is 13.2 Å². The highest BCUT2D eigenvalue weighted by atomic mass is 19.4. The van der Waals surface area contributed by atoms with Gasteiger partial charge in [-0.2, -0.15) is 17.9 Å². The van der Waals surface area contributed by atoms with E-state index >= 15 is 4.39 Å². The number of fused-ring (bicyclic) bond motifs is 1. The van der Waals surface area contributed by atoms with Gasteiger partial charge in [0.25, 0.3) is 0 Å². The fourth-order valence-electron chi connectivity index (χ4n) is 3.99. The highest BCUT2D eigenvalue weighted by Crippen LogP contribution is 2.40. The van der Waals surface area contributed by atoms with Crippen molar-refractivity contribution in [3.05, 3.63) is 75.7 Å². The van der Waals surface area contributed by atoms with Gasteiger partial charge >= 0.3 is 11.9 Å². The molecular weight excluding hydrogens is 452 g/mol. The van der Waals surface area contributed by atoms with Crippen LogP contribution in [0.4, 0.5) is 17.6 Å². The van der Waals surface area contributed by atoms with Gasteiger partial charge in [0.05, 0.1) is 17.1 Å². The van der Waals surface area contributed by atoms with Crippen molar-refractivity contribution in [2.24, 2.45) is 0 Å². The third-order valence-corrected chi connectivity index (χ3v) is 5.91. The molecule has 10 heteroatoms. The number of hydrogen-bond donors (Lipinski definition) is 1. The molecule has 0 fully saturated rings. The Hall–Kier alpha value is -3.53. The average Bonchev–Trinajstić information content (AvgIpc) is 3.12. The summed E-state index contributed by atoms with van der Waals surface area (Å²) in [5.74, 6) is -2.74. The molecule has 1 unspecified atom stereocenters. The van der Waals surface area contributed by atoms with E-state index in [4.69, 9.17) is 0 Å². The van der Waals surface area contributed by atoms with Crippen molar-refractivity contribution in [1.82, 2.24) is 19.3 Å². The van der Waals surface area contributed by atoms with E-state index in [0.29, 0.717) is 11.3 Å². The van der Waals surface area contributed by atoms with Crippen LogP contribution in [0.2, 0.25) is 0 Å². The lowest BCUT2D eigenvalue weighted by atomic mass is 9.93. The van der Waals surface area contributed by atoms with Gasteiger partial charge in [0.15, 0.2) is 11.6 Å². The smallest absolute Gasteiger partial charge is 0.388 e. The van der Waals surface area contributed by atoms with Gasteiger partial charge in [-0.25, -0.2) is 14.2 Å². The summed E-state index contributed by atoms with van der Waals surface area (Å²) in [5, 5.41) is 13.5. The van der Waals surface area contributed by atoms with E-state index in [1.807, 2.05) is 13.0 Å². The van der Waals surface area contributed by atoms with E-state index in [1.54, 1.807) is 25.1 Å². The third kappa shape index (κ3) is 3.98. The molecule has 0 aliphatic carbocycles. The molecule has 1 atom stereocenters. The second-order valence-electron chi connectivity index (χ2n) is 8.01. The number of aliphatic hydroxyl groups is 1. The molecule has 2 aromatic heterocycles. The zero-order valence-electron chi connectivity index (χ0n) is 18.7. The molecule has 0 saturated heterocycles. The van der Waals surface area contributed by atoms with Gasteiger partial charge in [-0.1, -0.05) is 24.3 Å². The van der Waals surface area contributed by atoms with Crippen molar-refractivity contribution in [2.75, 3.05) is 0 Å². The lowest BCUT2D eigenvalue weighted by molar-refractivity contribution is -0.146. The summed E-state index contributed by atoms with van der Waals surface area (Å²) >= 11 is 0. The zero-order chi connectivity index (χ0) is 24.8. The third-order valence-electron chi connectivity index (χ3n) is 5.91. The second-order valence-corrected chi connectivity index (χ2v) is 8.01. The summed E-state index contributed by atoms with van der Waals surface area (Å²) in [5.41, 5.74) is 0.639. The standard InChI is InChI=1S/C24H22F4N4O2/c1-4-31-22(12-33)30-32(23(31)34)21-10-17-16(14(3)24(26,27)28)9-19(29-20(17)11-18(21)25)15-8-6-5-7-13(15)2/h5-11,14,33H,4,12H2,1-3H3. The Labute approximate surface area is 192 Å². The molecule has 34 heavy (non-hydrogen) atoms. The van der Waals surface area contributed by atoms with E-state index < -0.39 is 30.2 Å². The lowest BCUT2D eigenvalue weighted by Gasteiger charge is -2.20. The maximum atomic E-state index is 15.2. The Bertz CT molecular complexity index is 1440. The fraction of sp³-hybridized carbons (Fsp3) is 0.292. The summed E-state index contributed by atoms with van der Waals surface area (Å²) in [6, 6.07) is 10.6. The van der Waals surface area contributed by atoms with Gasteiger partial charge in [-0.3, -0.25) is 4.57 Å². The van der Waals surface area contributed by atoms with Crippen molar-refractivity contribution >= 4 is 10.9 Å². The minimum atomic E-state index is -4.56. The van der Waals surface area contributed by atoms with Gasteiger partial charge in [0, 0.05) is 23.6 Å². The van der Waals surface area contributed by atoms with Crippen LogP contribution in [0.1, 0.15) is 36.7 Å². The molecule has 0 spiro atoms. The van der Waals surface area contributed by atoms with Crippen LogP contribution < -0.4 is 5.69 Å². The Morgan fingerprint density at radius 3 is 2.44 bits per heavy atom. The Kier molecular flexibility index (Phi) is 6.03. The molecule has 0 amide bonds. The van der Waals surface area contributed by atoms with Crippen LogP contribution in [0.15, 0.2) is 47.3 Å². The van der Waals surface area contributed by atoms with E-state index in [-0.39, 0.29) is 34.5 Å². The quantitative estimate of drug-likeness (QED) is 0.419. The fourth-order valence-corrected chi connectivity index (χ4v) is 3.99. The predicted octanol–water partition coefficient (Wildman–Crippen LogP) is 4.87. The SMILES string of the molecule is CCn1c(CO)nn(-c2cc3c(C(C)C(F)(F)F)cc(-c4ccccc4C)nc3cc2F)c1=O. The number of hydrogen-bond acceptors (Lipinski definition) is 4. The van der Waals surface area contributed by atoms with Gasteiger partial charge in [0.2, 0.25) is 0 Å². The summed E-state index contributed by atoms with van der Waals surface area (Å²) in [7, 11) is 0. The van der Waals surface area contributed by atoms with Gasteiger partial charge in [-0.05, 0) is 44.0 Å². The summed E-state index contributed by atoms with van der Waals surface area (Å²) in [4.78, 5) is 17.2. The second kappa shape index (κ2) is 8.68. The van der Waals surface area contributed by atoms with Crippen molar-refractivity contribution in [3.63, 3.8) is 0 Å². The number of halogens is 4. The molecule has 6 nitrogen and oxygen atoms in total. The Morgan fingerprint density at radius 1 is 1.15 bits per heavy atom. The van der Waals surface area contributed by atoms with Crippen LogP contribution in [-0.4, -0.2) is 30.6 Å². The van der Waals surface area contributed by atoms with Crippen LogP contribution in [0.25, 0.3) is 27.8 Å². The topological polar surface area (TPSA) is 72.9 Å². The van der Waals surface area contributed by atoms with Crippen molar-refractivity contribution in [3.8, 4) is 16.9 Å². The number of aryl methyl sites for hydroxylation is 1. The molecule has 4 rings (SSSR count). The molecule has 0 saturated carbocycles. The summed E-state index contributed by atoms with van der Waals surface area (Å²) in [6.07, 6.45) is -4.56. The maximum Gasteiger partial charge on any atom is 0.395 e. The van der Waals surface area contributed by atoms with Crippen LogP contribution in [0.3, 0.4) is 0 Å². The largest absolute Gasteiger partial charge is 0.395 e. The maximum absolute atomic E-state index is 15.2. The first-order valence-electron chi connectivity index (χ1n) is 10.6. The van der Waals surface area contributed by atoms with Gasteiger partial charge in [-0.15, -0.1) is 5.10 Å². The predicted molar refractivity (Wildman–Crippen MR) is 119 cm³/mol. The molecular formula is C24H22F4N4O2. The molecule has 0 bridgehead atoms. The molecule has 2 aromatic carbocycles. The van der Waals surface area contributed by atoms with E-state index in [0.717, 1.165) is 33.9 Å². The highest BCUT2D eigenvalue weighted by molar-refractivity contribution is 5.88. The molecule has 1 N–H and O–H groups in total. The van der Waals surface area contributed by atoms with Crippen molar-refractivity contribution < 1.29 is 22.7 Å². The molecule has 4 aromatic rings. The summed E-state index contributed by atoms with van der Waals surface area (Å²) < 4.78 is 58.5. The number of benzene rings is 2. The van der Waals surface area contributed by atoms with Gasteiger partial charge in [0.1, 0.15) is 12.3 Å². The number of aromatic nitrogens is 4. The molecule has 0 aliphatic rings. The number of aliphatic hydroxyl groups excluding tert-OH is 1. The highest BCUT2D eigenvalue weighted by Gasteiger charge is 2.38. The lowest BCUT2D eigenvalue weighted by Crippen LogP contribution is -2.24. The van der Waals surface area contributed by atoms with E-state index in [1.165, 1.54) is 6.07 Å². The number of pyridine rings is 1. The Balaban J connectivity index is 2.04. The zero-order valence-corrected chi connectivity index (χ0v) is 18.7. The first-order chi connectivity index (χ1) is 16.1. The number of nitrogens with zero attached hydrogens (tertiary/aromatic N) is 4. The minimum absolute atomic E-state index is 0.0175. The monoisotopic (exact) mass is 474 g/mol.